The van der Waals surface area contributed by atoms with Crippen LogP contribution in [-0.2, 0) is 13.0 Å². The van der Waals surface area contributed by atoms with Gasteiger partial charge in [0.25, 0.3) is 0 Å². The number of aromatic nitrogens is 2. The molecule has 0 bridgehead atoms. The summed E-state index contributed by atoms with van der Waals surface area (Å²) >= 11 is 0. The molecule has 136 valence electrons. The van der Waals surface area contributed by atoms with E-state index in [0.29, 0.717) is 0 Å². The number of phenolic OH excluding ortho intramolecular Hbond substituents is 1. The van der Waals surface area contributed by atoms with Gasteiger partial charge in [-0.15, -0.1) is 0 Å². The van der Waals surface area contributed by atoms with Crippen LogP contribution in [0.1, 0.15) is 31.0 Å². The van der Waals surface area contributed by atoms with Gasteiger partial charge in [0, 0.05) is 24.4 Å². The van der Waals surface area contributed by atoms with Gasteiger partial charge in [0.05, 0.1) is 11.4 Å². The van der Waals surface area contributed by atoms with Crippen LogP contribution in [0.15, 0.2) is 54.7 Å². The quantitative estimate of drug-likeness (QED) is 0.675. The zero-order chi connectivity index (χ0) is 18.5. The second kappa shape index (κ2) is 8.19. The number of imidazole rings is 1. The average Bonchev–Trinajstić information content (AvgIpc) is 3.03. The lowest BCUT2D eigenvalue weighted by atomic mass is 10.1. The predicted molar refractivity (Wildman–Crippen MR) is 107 cm³/mol. The van der Waals surface area contributed by atoms with Crippen molar-refractivity contribution in [1.82, 2.24) is 14.5 Å². The molecule has 4 heteroatoms. The van der Waals surface area contributed by atoms with E-state index < -0.39 is 0 Å². The Morgan fingerprint density at radius 2 is 1.85 bits per heavy atom. The minimum absolute atomic E-state index is 0.256. The summed E-state index contributed by atoms with van der Waals surface area (Å²) in [6, 6.07) is 16.0. The normalized spacial score (nSPS) is 11.2. The molecular weight excluding hydrogens is 322 g/mol. The number of hydrogen-bond donors (Lipinski definition) is 1. The number of aromatic hydroxyl groups is 1. The monoisotopic (exact) mass is 349 g/mol. The molecule has 0 aliphatic heterocycles. The molecule has 0 atom stereocenters. The van der Waals surface area contributed by atoms with Gasteiger partial charge in [-0.2, -0.15) is 0 Å². The number of nitrogens with zero attached hydrogens (tertiary/aromatic N) is 3. The number of hydrogen-bond acceptors (Lipinski definition) is 3. The van der Waals surface area contributed by atoms with E-state index in [-0.39, 0.29) is 5.75 Å². The predicted octanol–water partition coefficient (Wildman–Crippen LogP) is 4.65. The van der Waals surface area contributed by atoms with E-state index >= 15 is 0 Å². The highest BCUT2D eigenvalue weighted by molar-refractivity contribution is 5.60. The van der Waals surface area contributed by atoms with Gasteiger partial charge < -0.3 is 10.0 Å². The highest BCUT2D eigenvalue weighted by atomic mass is 16.3. The Morgan fingerprint density at radius 3 is 2.50 bits per heavy atom. The lowest BCUT2D eigenvalue weighted by molar-refractivity contribution is 0.397. The second-order valence-corrected chi connectivity index (χ2v) is 6.98. The molecule has 1 heterocycles. The van der Waals surface area contributed by atoms with Gasteiger partial charge >= 0.3 is 0 Å². The zero-order valence-corrected chi connectivity index (χ0v) is 15.8. The Morgan fingerprint density at radius 1 is 1.08 bits per heavy atom. The van der Waals surface area contributed by atoms with Crippen LogP contribution >= 0.6 is 0 Å². The largest absolute Gasteiger partial charge is 0.508 e. The Kier molecular flexibility index (Phi) is 5.74. The molecule has 0 aliphatic rings. The molecule has 1 N–H and O–H groups in total. The summed E-state index contributed by atoms with van der Waals surface area (Å²) in [4.78, 5) is 6.96. The molecule has 2 aromatic carbocycles. The minimum atomic E-state index is 0.256. The first-order chi connectivity index (χ1) is 12.6. The SMILES string of the molecule is CCCCc1ccc(-c2nc(CN(C)C)cn2-c2cccc(O)c2)cc1. The van der Waals surface area contributed by atoms with E-state index in [2.05, 4.69) is 46.9 Å². The number of unbranched alkanes of at least 4 members (excludes halogenated alkanes) is 1. The van der Waals surface area contributed by atoms with Crippen molar-refractivity contribution in [1.29, 1.82) is 0 Å². The van der Waals surface area contributed by atoms with Crippen LogP contribution in [0.2, 0.25) is 0 Å². The first-order valence-electron chi connectivity index (χ1n) is 9.18. The first-order valence-corrected chi connectivity index (χ1v) is 9.18. The van der Waals surface area contributed by atoms with E-state index in [1.54, 1.807) is 12.1 Å². The Balaban J connectivity index is 2.00. The molecule has 0 amide bonds. The maximum Gasteiger partial charge on any atom is 0.144 e. The fraction of sp³-hybridized carbons (Fsp3) is 0.318. The van der Waals surface area contributed by atoms with Crippen LogP contribution in [0.4, 0.5) is 0 Å². The van der Waals surface area contributed by atoms with E-state index in [0.717, 1.165) is 35.7 Å². The summed E-state index contributed by atoms with van der Waals surface area (Å²) in [7, 11) is 4.07. The number of benzene rings is 2. The first kappa shape index (κ1) is 18.2. The summed E-state index contributed by atoms with van der Waals surface area (Å²) in [6.45, 7) is 2.99. The fourth-order valence-corrected chi connectivity index (χ4v) is 3.07. The molecule has 0 fully saturated rings. The van der Waals surface area contributed by atoms with Crippen LogP contribution in [0, 0.1) is 0 Å². The minimum Gasteiger partial charge on any atom is -0.508 e. The molecule has 3 aromatic rings. The highest BCUT2D eigenvalue weighted by Crippen LogP contribution is 2.26. The third kappa shape index (κ3) is 4.33. The van der Waals surface area contributed by atoms with Crippen molar-refractivity contribution in [2.45, 2.75) is 32.7 Å². The Labute approximate surface area is 155 Å². The topological polar surface area (TPSA) is 41.3 Å². The van der Waals surface area contributed by atoms with Crippen molar-refractivity contribution >= 4 is 0 Å². The smallest absolute Gasteiger partial charge is 0.144 e. The molecule has 1 aromatic heterocycles. The lowest BCUT2D eigenvalue weighted by Crippen LogP contribution is -2.10. The zero-order valence-electron chi connectivity index (χ0n) is 15.8. The summed E-state index contributed by atoms with van der Waals surface area (Å²) in [6.07, 6.45) is 5.58. The standard InChI is InChI=1S/C22H27N3O/c1-4-5-7-17-10-12-18(13-11-17)22-23-19(15-24(2)3)16-25(22)20-8-6-9-21(26)14-20/h6,8-14,16,26H,4-5,7,15H2,1-3H3. The van der Waals surface area contributed by atoms with Crippen molar-refractivity contribution in [3.05, 3.63) is 66.0 Å². The second-order valence-electron chi connectivity index (χ2n) is 6.98. The van der Waals surface area contributed by atoms with E-state index in [1.807, 2.05) is 26.2 Å². The summed E-state index contributed by atoms with van der Waals surface area (Å²) in [5, 5.41) is 9.86. The van der Waals surface area contributed by atoms with Crippen molar-refractivity contribution < 1.29 is 5.11 Å². The average molecular weight is 349 g/mol. The summed E-state index contributed by atoms with van der Waals surface area (Å²) in [5.41, 5.74) is 4.36. The van der Waals surface area contributed by atoms with E-state index in [9.17, 15) is 5.11 Å². The van der Waals surface area contributed by atoms with E-state index in [1.165, 1.54) is 18.4 Å². The van der Waals surface area contributed by atoms with Crippen LogP contribution in [-0.4, -0.2) is 33.7 Å². The molecule has 0 spiro atoms. The maximum absolute atomic E-state index is 9.86. The summed E-state index contributed by atoms with van der Waals surface area (Å²) in [5.74, 6) is 1.15. The van der Waals surface area contributed by atoms with Crippen LogP contribution < -0.4 is 0 Å². The molecular formula is C22H27N3O. The molecule has 0 aliphatic carbocycles. The molecule has 0 saturated carbocycles. The fourth-order valence-electron chi connectivity index (χ4n) is 3.07. The van der Waals surface area contributed by atoms with Crippen molar-refractivity contribution in [3.63, 3.8) is 0 Å². The van der Waals surface area contributed by atoms with Gasteiger partial charge in [-0.25, -0.2) is 4.98 Å². The Hall–Kier alpha value is -2.59. The van der Waals surface area contributed by atoms with Gasteiger partial charge in [0.15, 0.2) is 0 Å². The van der Waals surface area contributed by atoms with Gasteiger partial charge in [0.1, 0.15) is 11.6 Å². The van der Waals surface area contributed by atoms with Gasteiger partial charge in [-0.3, -0.25) is 4.57 Å². The van der Waals surface area contributed by atoms with Crippen LogP contribution in [0.3, 0.4) is 0 Å². The van der Waals surface area contributed by atoms with Crippen LogP contribution in [0.25, 0.3) is 17.1 Å². The van der Waals surface area contributed by atoms with Crippen molar-refractivity contribution in [2.24, 2.45) is 0 Å². The van der Waals surface area contributed by atoms with Gasteiger partial charge in [-0.1, -0.05) is 43.7 Å². The molecule has 4 nitrogen and oxygen atoms in total. The Bertz CT molecular complexity index is 850. The van der Waals surface area contributed by atoms with E-state index in [4.69, 9.17) is 4.98 Å². The molecule has 0 unspecified atom stereocenters. The molecule has 0 saturated heterocycles. The van der Waals surface area contributed by atoms with Crippen molar-refractivity contribution in [3.8, 4) is 22.8 Å². The third-order valence-corrected chi connectivity index (χ3v) is 4.37. The van der Waals surface area contributed by atoms with Gasteiger partial charge in [0.2, 0.25) is 0 Å². The number of phenols is 1. The van der Waals surface area contributed by atoms with Crippen molar-refractivity contribution in [2.75, 3.05) is 14.1 Å². The van der Waals surface area contributed by atoms with Gasteiger partial charge in [-0.05, 0) is 44.6 Å². The van der Waals surface area contributed by atoms with Crippen LogP contribution in [0.5, 0.6) is 5.75 Å². The molecule has 3 rings (SSSR count). The highest BCUT2D eigenvalue weighted by Gasteiger charge is 2.13. The molecule has 0 radical (unpaired) electrons. The molecule has 26 heavy (non-hydrogen) atoms. The maximum atomic E-state index is 9.86. The number of rotatable bonds is 7. The lowest BCUT2D eigenvalue weighted by Gasteiger charge is -2.09. The number of aryl methyl sites for hydroxylation is 1. The third-order valence-electron chi connectivity index (χ3n) is 4.37. The summed E-state index contributed by atoms with van der Waals surface area (Å²) < 4.78 is 2.06.